The first kappa shape index (κ1) is 17.2. The summed E-state index contributed by atoms with van der Waals surface area (Å²) in [6.07, 6.45) is 2.36. The van der Waals surface area contributed by atoms with E-state index >= 15 is 0 Å². The van der Waals surface area contributed by atoms with Gasteiger partial charge >= 0.3 is 0 Å². The number of rotatable bonds is 6. The van der Waals surface area contributed by atoms with Gasteiger partial charge in [0.25, 0.3) is 5.91 Å². The number of hydrogen-bond acceptors (Lipinski definition) is 7. The molecule has 1 aliphatic rings. The maximum atomic E-state index is 12.3. The first-order valence-corrected chi connectivity index (χ1v) is 8.61. The van der Waals surface area contributed by atoms with Gasteiger partial charge in [0.2, 0.25) is 17.5 Å². The van der Waals surface area contributed by atoms with E-state index in [2.05, 4.69) is 20.7 Å². The molecule has 2 atom stereocenters. The van der Waals surface area contributed by atoms with E-state index in [9.17, 15) is 9.90 Å². The Balaban J connectivity index is 1.33. The Morgan fingerprint density at radius 1 is 1.33 bits per heavy atom. The van der Waals surface area contributed by atoms with Gasteiger partial charge in [0.05, 0.1) is 6.04 Å². The molecular weight excluding hydrogens is 348 g/mol. The van der Waals surface area contributed by atoms with Crippen LogP contribution in [0, 0.1) is 0 Å². The topological polar surface area (TPSA) is 114 Å². The lowest BCUT2D eigenvalue weighted by Crippen LogP contribution is -2.38. The van der Waals surface area contributed by atoms with Gasteiger partial charge in [-0.15, -0.1) is 10.2 Å². The highest BCUT2D eigenvalue weighted by atomic mass is 16.5. The van der Waals surface area contributed by atoms with E-state index in [0.29, 0.717) is 24.4 Å². The molecule has 8 nitrogen and oxygen atoms in total. The standard InChI is InChI=1S/C19H18N4O4/c1-11(24)19-22-21-17(26-19)9-12-7-14(8-12)20-18(25)16-10-15(23-27-16)13-5-3-2-4-6-13/h2-7,10-11,14,24H,8-9H2,1H3,(H,20,25)/t11-,14?/m1/s1. The summed E-state index contributed by atoms with van der Waals surface area (Å²) in [7, 11) is 0. The fourth-order valence-corrected chi connectivity index (χ4v) is 2.83. The number of hydrogen-bond donors (Lipinski definition) is 2. The second kappa shape index (κ2) is 7.16. The summed E-state index contributed by atoms with van der Waals surface area (Å²) in [6, 6.07) is 11.1. The molecule has 0 saturated carbocycles. The van der Waals surface area contributed by atoms with Crippen LogP contribution in [0.15, 0.2) is 57.0 Å². The quantitative estimate of drug-likeness (QED) is 0.644. The Morgan fingerprint density at radius 3 is 2.81 bits per heavy atom. The molecule has 2 N–H and O–H groups in total. The van der Waals surface area contributed by atoms with Crippen molar-refractivity contribution < 1.29 is 18.8 Å². The van der Waals surface area contributed by atoms with Gasteiger partial charge in [-0.25, -0.2) is 0 Å². The lowest BCUT2D eigenvalue weighted by Gasteiger charge is -2.25. The summed E-state index contributed by atoms with van der Waals surface area (Å²) in [5, 5.41) is 23.9. The van der Waals surface area contributed by atoms with Crippen LogP contribution in [0.5, 0.6) is 0 Å². The molecule has 0 aliphatic heterocycles. The van der Waals surface area contributed by atoms with Crippen molar-refractivity contribution in [3.8, 4) is 11.3 Å². The van der Waals surface area contributed by atoms with Gasteiger partial charge in [-0.3, -0.25) is 4.79 Å². The van der Waals surface area contributed by atoms with Gasteiger partial charge in [0.15, 0.2) is 0 Å². The molecule has 138 valence electrons. The first-order chi connectivity index (χ1) is 13.1. The fourth-order valence-electron chi connectivity index (χ4n) is 2.83. The van der Waals surface area contributed by atoms with Crippen LogP contribution in [-0.2, 0) is 6.42 Å². The molecular formula is C19H18N4O4. The molecule has 0 radical (unpaired) electrons. The second-order valence-electron chi connectivity index (χ2n) is 6.44. The summed E-state index contributed by atoms with van der Waals surface area (Å²) in [4.78, 5) is 12.3. The summed E-state index contributed by atoms with van der Waals surface area (Å²) in [6.45, 7) is 1.57. The minimum absolute atomic E-state index is 0.0723. The highest BCUT2D eigenvalue weighted by Gasteiger charge is 2.25. The third-order valence-corrected chi connectivity index (χ3v) is 4.26. The van der Waals surface area contributed by atoms with Crippen molar-refractivity contribution in [3.63, 3.8) is 0 Å². The van der Waals surface area contributed by atoms with Crippen LogP contribution in [0.25, 0.3) is 11.3 Å². The first-order valence-electron chi connectivity index (χ1n) is 8.61. The second-order valence-corrected chi connectivity index (χ2v) is 6.44. The number of carbonyl (C=O) groups is 1. The molecule has 1 aromatic carbocycles. The van der Waals surface area contributed by atoms with Crippen LogP contribution < -0.4 is 5.32 Å². The number of aliphatic hydroxyl groups is 1. The van der Waals surface area contributed by atoms with E-state index in [1.54, 1.807) is 13.0 Å². The highest BCUT2D eigenvalue weighted by Crippen LogP contribution is 2.24. The van der Waals surface area contributed by atoms with Crippen LogP contribution in [0.4, 0.5) is 0 Å². The average molecular weight is 366 g/mol. The molecule has 27 heavy (non-hydrogen) atoms. The van der Waals surface area contributed by atoms with E-state index < -0.39 is 6.10 Å². The van der Waals surface area contributed by atoms with Gasteiger partial charge in [-0.1, -0.05) is 47.1 Å². The molecule has 2 heterocycles. The molecule has 2 aromatic heterocycles. The van der Waals surface area contributed by atoms with E-state index in [4.69, 9.17) is 8.94 Å². The highest BCUT2D eigenvalue weighted by molar-refractivity contribution is 5.92. The van der Waals surface area contributed by atoms with Crippen LogP contribution >= 0.6 is 0 Å². The summed E-state index contributed by atoms with van der Waals surface area (Å²) < 4.78 is 10.5. The van der Waals surface area contributed by atoms with E-state index in [-0.39, 0.29) is 23.6 Å². The minimum atomic E-state index is -0.781. The number of benzene rings is 1. The predicted octanol–water partition coefficient (Wildman–Crippen LogP) is 2.45. The normalized spacial score (nSPS) is 17.1. The fraction of sp³-hybridized carbons (Fsp3) is 0.263. The maximum Gasteiger partial charge on any atom is 0.290 e. The van der Waals surface area contributed by atoms with Crippen molar-refractivity contribution in [3.05, 3.63) is 65.6 Å². The lowest BCUT2D eigenvalue weighted by molar-refractivity contribution is 0.0904. The monoisotopic (exact) mass is 366 g/mol. The van der Waals surface area contributed by atoms with Gasteiger partial charge in [-0.05, 0) is 13.3 Å². The molecule has 1 unspecified atom stereocenters. The van der Waals surface area contributed by atoms with Crippen LogP contribution in [0.1, 0.15) is 41.8 Å². The van der Waals surface area contributed by atoms with Gasteiger partial charge < -0.3 is 19.4 Å². The molecule has 0 bridgehead atoms. The van der Waals surface area contributed by atoms with Crippen molar-refractivity contribution >= 4 is 5.91 Å². The summed E-state index contributed by atoms with van der Waals surface area (Å²) in [5.41, 5.74) is 2.60. The zero-order valence-electron chi connectivity index (χ0n) is 14.6. The Kier molecular flexibility index (Phi) is 4.55. The smallest absolute Gasteiger partial charge is 0.290 e. The average Bonchev–Trinajstić information content (AvgIpc) is 3.30. The number of nitrogens with one attached hydrogen (secondary N) is 1. The zero-order chi connectivity index (χ0) is 18.8. The largest absolute Gasteiger partial charge is 0.422 e. The SMILES string of the molecule is C[C@@H](O)c1nnc(CC2=CC(NC(=O)c3cc(-c4ccccc4)no3)C2)o1. The molecule has 0 fully saturated rings. The molecule has 1 aliphatic carbocycles. The van der Waals surface area contributed by atoms with Gasteiger partial charge in [-0.2, -0.15) is 0 Å². The minimum Gasteiger partial charge on any atom is -0.422 e. The predicted molar refractivity (Wildman–Crippen MR) is 94.5 cm³/mol. The third-order valence-electron chi connectivity index (χ3n) is 4.26. The summed E-state index contributed by atoms with van der Waals surface area (Å²) >= 11 is 0. The maximum absolute atomic E-state index is 12.3. The Bertz CT molecular complexity index is 975. The molecule has 3 aromatic rings. The van der Waals surface area contributed by atoms with Crippen molar-refractivity contribution in [2.75, 3.05) is 0 Å². The van der Waals surface area contributed by atoms with Crippen LogP contribution in [0.2, 0.25) is 0 Å². The van der Waals surface area contributed by atoms with Gasteiger partial charge in [0.1, 0.15) is 11.8 Å². The Labute approximate surface area is 154 Å². The number of nitrogens with zero attached hydrogens (tertiary/aromatic N) is 3. The van der Waals surface area contributed by atoms with Gasteiger partial charge in [0, 0.05) is 18.1 Å². The zero-order valence-corrected chi connectivity index (χ0v) is 14.6. The van der Waals surface area contributed by atoms with Crippen molar-refractivity contribution in [1.82, 2.24) is 20.7 Å². The van der Waals surface area contributed by atoms with E-state index in [1.165, 1.54) is 0 Å². The van der Waals surface area contributed by atoms with Crippen LogP contribution in [-0.4, -0.2) is 32.4 Å². The Morgan fingerprint density at radius 2 is 2.11 bits per heavy atom. The number of aliphatic hydroxyl groups excluding tert-OH is 1. The van der Waals surface area contributed by atoms with Crippen molar-refractivity contribution in [2.45, 2.75) is 31.9 Å². The molecule has 0 saturated heterocycles. The molecule has 8 heteroatoms. The van der Waals surface area contributed by atoms with Crippen LogP contribution in [0.3, 0.4) is 0 Å². The Hall–Kier alpha value is -3.26. The van der Waals surface area contributed by atoms with Crippen molar-refractivity contribution in [2.24, 2.45) is 0 Å². The molecule has 1 amide bonds. The molecule has 4 rings (SSSR count). The van der Waals surface area contributed by atoms with Crippen molar-refractivity contribution in [1.29, 1.82) is 0 Å². The summed E-state index contributed by atoms with van der Waals surface area (Å²) in [5.74, 6) is 0.521. The lowest BCUT2D eigenvalue weighted by atomic mass is 9.90. The number of amides is 1. The number of aromatic nitrogens is 3. The number of carbonyl (C=O) groups excluding carboxylic acids is 1. The third kappa shape index (κ3) is 3.80. The van der Waals surface area contributed by atoms with E-state index in [1.807, 2.05) is 36.4 Å². The molecule has 0 spiro atoms. The van der Waals surface area contributed by atoms with E-state index in [0.717, 1.165) is 11.1 Å².